The van der Waals surface area contributed by atoms with E-state index in [4.69, 9.17) is 4.74 Å². The number of alkyl halides is 3. The predicted octanol–water partition coefficient (Wildman–Crippen LogP) is 3.44. The summed E-state index contributed by atoms with van der Waals surface area (Å²) in [6.07, 6.45) is -5.64. The Morgan fingerprint density at radius 1 is 1.21 bits per heavy atom. The summed E-state index contributed by atoms with van der Waals surface area (Å²) in [4.78, 5) is 12.2. The third kappa shape index (κ3) is 4.24. The summed E-state index contributed by atoms with van der Waals surface area (Å²) in [5.74, 6) is -1.20. The minimum atomic E-state index is -4.84. The predicted molar refractivity (Wildman–Crippen MR) is 63.1 cm³/mol. The summed E-state index contributed by atoms with van der Waals surface area (Å²) in [7, 11) is 1.34. The molecule has 106 valence electrons. The Hall–Kier alpha value is -1.56. The molecule has 0 amide bonds. The highest BCUT2D eigenvalue weighted by Gasteiger charge is 2.34. The summed E-state index contributed by atoms with van der Waals surface area (Å²) < 4.78 is 45.7. The molecule has 0 saturated heterocycles. The van der Waals surface area contributed by atoms with Crippen LogP contribution in [0.2, 0.25) is 0 Å². The molecule has 0 aromatic heterocycles. The lowest BCUT2D eigenvalue weighted by Gasteiger charge is -2.19. The fraction of sp³-hybridized carbons (Fsp3) is 0.462. The Morgan fingerprint density at radius 3 is 2.26 bits per heavy atom. The third-order valence-corrected chi connectivity index (χ3v) is 2.50. The highest BCUT2D eigenvalue weighted by Crippen LogP contribution is 2.28. The van der Waals surface area contributed by atoms with Crippen molar-refractivity contribution < 1.29 is 27.4 Å². The van der Waals surface area contributed by atoms with Gasteiger partial charge in [-0.1, -0.05) is 26.0 Å². The Kier molecular flexibility index (Phi) is 4.94. The number of benzene rings is 1. The minimum Gasteiger partial charge on any atom is -0.405 e. The molecular formula is C13H15F3O3. The van der Waals surface area contributed by atoms with Gasteiger partial charge in [-0.15, -0.1) is 13.2 Å². The maximum Gasteiger partial charge on any atom is 0.573 e. The van der Waals surface area contributed by atoms with Crippen molar-refractivity contribution in [2.24, 2.45) is 5.92 Å². The molecule has 0 radical (unpaired) electrons. The second-order valence-electron chi connectivity index (χ2n) is 4.31. The Morgan fingerprint density at radius 2 is 1.79 bits per heavy atom. The number of carbonyl (C=O) groups excluding carboxylic acids is 1. The van der Waals surface area contributed by atoms with Gasteiger partial charge in [-0.05, 0) is 18.1 Å². The molecule has 0 spiro atoms. The standard InChI is InChI=1S/C13H15F3O3/c1-8(2)12(18-3)11(17)9-6-4-5-7-10(9)19-13(14,15)16/h4-8,12H,1-3H3. The van der Waals surface area contributed by atoms with Crippen LogP contribution >= 0.6 is 0 Å². The SMILES string of the molecule is COC(C(=O)c1ccccc1OC(F)(F)F)C(C)C. The quantitative estimate of drug-likeness (QED) is 0.773. The first-order valence-electron chi connectivity index (χ1n) is 5.68. The number of halogens is 3. The van der Waals surface area contributed by atoms with Gasteiger partial charge in [-0.25, -0.2) is 0 Å². The smallest absolute Gasteiger partial charge is 0.405 e. The molecule has 19 heavy (non-hydrogen) atoms. The third-order valence-electron chi connectivity index (χ3n) is 2.50. The van der Waals surface area contributed by atoms with Gasteiger partial charge in [0.15, 0.2) is 5.78 Å². The fourth-order valence-electron chi connectivity index (χ4n) is 1.72. The van der Waals surface area contributed by atoms with Crippen LogP contribution in [0, 0.1) is 5.92 Å². The van der Waals surface area contributed by atoms with Crippen molar-refractivity contribution in [3.63, 3.8) is 0 Å². The number of carbonyl (C=O) groups is 1. The Labute approximate surface area is 109 Å². The van der Waals surface area contributed by atoms with Crippen LogP contribution in [0.3, 0.4) is 0 Å². The van der Waals surface area contributed by atoms with Crippen LogP contribution in [0.15, 0.2) is 24.3 Å². The molecule has 0 aliphatic rings. The van der Waals surface area contributed by atoms with Gasteiger partial charge in [0, 0.05) is 7.11 Å². The second kappa shape index (κ2) is 6.06. The van der Waals surface area contributed by atoms with Crippen LogP contribution in [0.25, 0.3) is 0 Å². The zero-order valence-electron chi connectivity index (χ0n) is 10.8. The summed E-state index contributed by atoms with van der Waals surface area (Å²) in [5, 5.41) is 0. The molecule has 1 atom stereocenters. The lowest BCUT2D eigenvalue weighted by molar-refractivity contribution is -0.274. The van der Waals surface area contributed by atoms with Crippen molar-refractivity contribution in [2.45, 2.75) is 26.3 Å². The molecule has 3 nitrogen and oxygen atoms in total. The number of Topliss-reactive ketones (excluding diaryl/α,β-unsaturated/α-hetero) is 1. The monoisotopic (exact) mass is 276 g/mol. The van der Waals surface area contributed by atoms with Gasteiger partial charge in [-0.2, -0.15) is 0 Å². The molecule has 0 aliphatic carbocycles. The van der Waals surface area contributed by atoms with Gasteiger partial charge < -0.3 is 9.47 Å². The van der Waals surface area contributed by atoms with E-state index in [1.165, 1.54) is 25.3 Å². The van der Waals surface area contributed by atoms with Crippen LogP contribution in [0.4, 0.5) is 13.2 Å². The van der Waals surface area contributed by atoms with E-state index in [-0.39, 0.29) is 11.5 Å². The Balaban J connectivity index is 3.09. The van der Waals surface area contributed by atoms with Crippen LogP contribution in [-0.2, 0) is 4.74 Å². The lowest BCUT2D eigenvalue weighted by Crippen LogP contribution is -2.29. The number of rotatable bonds is 5. The van der Waals surface area contributed by atoms with E-state index in [0.29, 0.717) is 0 Å². The summed E-state index contributed by atoms with van der Waals surface area (Å²) in [6, 6.07) is 5.24. The maximum atomic E-state index is 12.3. The van der Waals surface area contributed by atoms with Crippen molar-refractivity contribution in [3.05, 3.63) is 29.8 Å². The molecule has 0 aliphatic heterocycles. The molecule has 1 rings (SSSR count). The van der Waals surface area contributed by atoms with E-state index in [1.807, 2.05) is 0 Å². The molecule has 0 fully saturated rings. The molecule has 0 N–H and O–H groups in total. The molecule has 0 saturated carbocycles. The minimum absolute atomic E-state index is 0.139. The van der Waals surface area contributed by atoms with Crippen LogP contribution in [-0.4, -0.2) is 25.4 Å². The summed E-state index contributed by atoms with van der Waals surface area (Å²) in [5.41, 5.74) is -0.139. The van der Waals surface area contributed by atoms with Crippen molar-refractivity contribution in [1.82, 2.24) is 0 Å². The summed E-state index contributed by atoms with van der Waals surface area (Å²) >= 11 is 0. The second-order valence-corrected chi connectivity index (χ2v) is 4.31. The highest BCUT2D eigenvalue weighted by molar-refractivity contribution is 6.02. The number of ketones is 1. The molecule has 1 unspecified atom stereocenters. The van der Waals surface area contributed by atoms with Crippen molar-refractivity contribution >= 4 is 5.78 Å². The number of methoxy groups -OCH3 is 1. The average molecular weight is 276 g/mol. The fourth-order valence-corrected chi connectivity index (χ4v) is 1.72. The number of para-hydroxylation sites is 1. The van der Waals surface area contributed by atoms with Crippen molar-refractivity contribution in [1.29, 1.82) is 0 Å². The van der Waals surface area contributed by atoms with E-state index >= 15 is 0 Å². The van der Waals surface area contributed by atoms with Gasteiger partial charge in [-0.3, -0.25) is 4.79 Å². The molecule has 1 aromatic carbocycles. The average Bonchev–Trinajstić information content (AvgIpc) is 2.27. The van der Waals surface area contributed by atoms with Crippen LogP contribution in [0.1, 0.15) is 24.2 Å². The lowest BCUT2D eigenvalue weighted by atomic mass is 9.97. The first kappa shape index (κ1) is 15.5. The van der Waals surface area contributed by atoms with E-state index in [1.54, 1.807) is 13.8 Å². The van der Waals surface area contributed by atoms with Crippen molar-refractivity contribution in [2.75, 3.05) is 7.11 Å². The highest BCUT2D eigenvalue weighted by atomic mass is 19.4. The van der Waals surface area contributed by atoms with E-state index in [2.05, 4.69) is 4.74 Å². The van der Waals surface area contributed by atoms with Gasteiger partial charge >= 0.3 is 6.36 Å². The topological polar surface area (TPSA) is 35.5 Å². The Bertz CT molecular complexity index is 441. The van der Waals surface area contributed by atoms with Gasteiger partial charge in [0.1, 0.15) is 11.9 Å². The normalized spacial score (nSPS) is 13.4. The molecular weight excluding hydrogens is 261 g/mol. The van der Waals surface area contributed by atoms with Crippen molar-refractivity contribution in [3.8, 4) is 5.75 Å². The maximum absolute atomic E-state index is 12.3. The molecule has 1 aromatic rings. The zero-order chi connectivity index (χ0) is 14.6. The van der Waals surface area contributed by atoms with Gasteiger partial charge in [0.2, 0.25) is 0 Å². The molecule has 6 heteroatoms. The first-order valence-corrected chi connectivity index (χ1v) is 5.68. The molecule has 0 heterocycles. The van der Waals surface area contributed by atoms with E-state index in [0.717, 1.165) is 6.07 Å². The van der Waals surface area contributed by atoms with Crippen LogP contribution in [0.5, 0.6) is 5.75 Å². The summed E-state index contributed by atoms with van der Waals surface area (Å²) in [6.45, 7) is 3.50. The number of hydrogen-bond donors (Lipinski definition) is 0. The van der Waals surface area contributed by atoms with E-state index < -0.39 is 24.0 Å². The zero-order valence-corrected chi connectivity index (χ0v) is 10.8. The molecule has 0 bridgehead atoms. The van der Waals surface area contributed by atoms with Gasteiger partial charge in [0.05, 0.1) is 5.56 Å². The number of ether oxygens (including phenoxy) is 2. The largest absolute Gasteiger partial charge is 0.573 e. The van der Waals surface area contributed by atoms with Crippen LogP contribution < -0.4 is 4.74 Å². The van der Waals surface area contributed by atoms with E-state index in [9.17, 15) is 18.0 Å². The first-order chi connectivity index (χ1) is 8.76. The van der Waals surface area contributed by atoms with Gasteiger partial charge in [0.25, 0.3) is 0 Å². The number of hydrogen-bond acceptors (Lipinski definition) is 3.